The van der Waals surface area contributed by atoms with Crippen molar-refractivity contribution in [2.45, 2.75) is 67.6 Å². The zero-order valence-corrected chi connectivity index (χ0v) is 69.8. The Labute approximate surface area is 771 Å². The Kier molecular flexibility index (Phi) is 20.9. The van der Waals surface area contributed by atoms with Crippen LogP contribution in [0.3, 0.4) is 0 Å². The number of nitrogens with one attached hydrogen (secondary N) is 8. The molecule has 8 aromatic heterocycles. The number of nitrogen functional groups attached to an aromatic ring is 6. The summed E-state index contributed by atoms with van der Waals surface area (Å²) in [4.78, 5) is 99.3. The number of carbonyl (C=O) groups excluding carboxylic acids is 4. The van der Waals surface area contributed by atoms with Crippen LogP contribution in [-0.4, -0.2) is 164 Å². The van der Waals surface area contributed by atoms with E-state index in [2.05, 4.69) is 95.3 Å². The topological polar surface area (TPSA) is 572 Å². The molecule has 0 aliphatic rings. The lowest BCUT2D eigenvalue weighted by molar-refractivity contribution is 0.179. The minimum atomic E-state index is -3.02. The van der Waals surface area contributed by atoms with Crippen LogP contribution in [0.5, 0.6) is 0 Å². The number of aromatic nitrogens is 12. The number of nitrogens with zero attached hydrogens (tertiary/aromatic N) is 16. The van der Waals surface area contributed by atoms with E-state index in [1.54, 1.807) is 0 Å². The van der Waals surface area contributed by atoms with Crippen LogP contribution >= 0.6 is 0 Å². The van der Waals surface area contributed by atoms with E-state index >= 15 is 0 Å². The first-order valence-corrected chi connectivity index (χ1v) is 36.1. The summed E-state index contributed by atoms with van der Waals surface area (Å²) in [5, 5.41) is 44.3. The molecule has 0 aliphatic heterocycles. The molecule has 0 aliphatic carbocycles. The molecule has 42 heteroatoms. The van der Waals surface area contributed by atoms with Crippen LogP contribution in [0.25, 0.3) is 0 Å². The number of nitrogens with two attached hydrogens (primary N) is 6. The number of benzene rings is 4. The molecule has 0 unspecified atom stereocenters. The molecule has 38 nitrogen and oxygen atoms in total. The van der Waals surface area contributed by atoms with Crippen LogP contribution < -0.4 is 75.3 Å². The van der Waals surface area contributed by atoms with Crippen LogP contribution in [0.2, 0.25) is 0 Å². The predicted molar refractivity (Wildman–Crippen MR) is 482 cm³/mol. The second kappa shape index (κ2) is 42.9. The normalized spacial score (nSPS) is 13.8. The SMILES string of the molecule is [2H]c1nc(NC([2H])([2H])c2c([2H])c(C)c([2H])c([2H])c2F)c(C(=N)c2nc(C)c(N(C)C(=O)OC)c(C)n2)c([2H])c1[2H].[2H]c1nc(NC([2H])([2H])c2c([2H])c(C)c([2H])c([2H])c2F)c(C(=N)c2nc(N)c(N(C)C(=O)OC)c(N)n2)c([2H])c1[2H].[2H]c1nc(NCc2c([2H])c(C)c([2H])c([2H])c2F)c(C(=N)c2nc(N)c(N(C)C(=O)OC)c(N)n2)c([2H])c1[2H].[2H]c1nc(NCc2c([2H])c(C)c([2H])c([2H])c2F)c(C(=N)c2nc(N)c(N(C)C(=O)OC)c(N)n2)c([2H])c1[2H]. The molecule has 12 rings (SSSR count). The van der Waals surface area contributed by atoms with Gasteiger partial charge in [-0.15, -0.1) is 0 Å². The molecule has 0 saturated heterocycles. The fraction of sp³-hybridized carbons (Fsp3) is 0.209. The van der Waals surface area contributed by atoms with Crippen LogP contribution in [0.1, 0.15) is 140 Å². The van der Waals surface area contributed by atoms with E-state index in [1.807, 2.05) is 0 Å². The highest BCUT2D eigenvalue weighted by Gasteiger charge is 2.29. The van der Waals surface area contributed by atoms with E-state index in [9.17, 15) is 36.7 Å². The first-order valence-electron chi connectivity index (χ1n) is 50.1. The summed E-state index contributed by atoms with van der Waals surface area (Å²) in [6, 6.07) is -12.7. The highest BCUT2D eigenvalue weighted by Crippen LogP contribution is 2.33. The summed E-state index contributed by atoms with van der Waals surface area (Å²) in [5.74, 6) is -10.5. The molecular weight excluding hydrogens is 1660 g/mol. The van der Waals surface area contributed by atoms with E-state index in [-0.39, 0.29) is 137 Å². The van der Waals surface area contributed by atoms with Crippen molar-refractivity contribution >= 4 is 128 Å². The fourth-order valence-corrected chi connectivity index (χ4v) is 10.9. The molecule has 8 heterocycles. The van der Waals surface area contributed by atoms with Crippen molar-refractivity contribution in [2.75, 3.05) is 132 Å². The maximum absolute atomic E-state index is 15.0. The van der Waals surface area contributed by atoms with Gasteiger partial charge >= 0.3 is 24.4 Å². The number of carbonyl (C=O) groups is 4. The number of pyridine rings is 4. The number of ether oxygens (including phenoxy) is 4. The molecule has 0 saturated carbocycles. The zero-order valence-electron chi connectivity index (χ0n) is 97.8. The first kappa shape index (κ1) is 62.4. The average Bonchev–Trinajstić information content (AvgIpc) is 0.754. The quantitative estimate of drug-likeness (QED) is 0.0152. The summed E-state index contributed by atoms with van der Waals surface area (Å²) in [7, 11) is 9.93. The van der Waals surface area contributed by atoms with Gasteiger partial charge in [0.15, 0.2) is 58.2 Å². The Morgan fingerprint density at radius 1 is 0.352 bits per heavy atom. The largest absolute Gasteiger partial charge is 0.452 e. The van der Waals surface area contributed by atoms with Crippen LogP contribution in [0.15, 0.2) is 146 Å². The molecule has 12 aromatic rings. The molecule has 0 radical (unpaired) electrons. The molecule has 0 atom stereocenters. The van der Waals surface area contributed by atoms with Crippen LogP contribution in [-0.2, 0) is 45.0 Å². The third-order valence-electron chi connectivity index (χ3n) is 16.9. The molecular formula is C86H94F4N30O8. The number of anilines is 14. The van der Waals surface area contributed by atoms with Gasteiger partial charge in [0.1, 0.15) is 86.4 Å². The van der Waals surface area contributed by atoms with Gasteiger partial charge < -0.3 is 74.6 Å². The highest BCUT2D eigenvalue weighted by atomic mass is 19.1. The minimum Gasteiger partial charge on any atom is -0.452 e. The van der Waals surface area contributed by atoms with Crippen molar-refractivity contribution in [2.24, 2.45) is 0 Å². The lowest BCUT2D eigenvalue weighted by Crippen LogP contribution is -2.29. The summed E-state index contributed by atoms with van der Waals surface area (Å²) in [5.41, 5.74) is 29.4. The van der Waals surface area contributed by atoms with Gasteiger partial charge in [0.2, 0.25) is 0 Å². The van der Waals surface area contributed by atoms with Crippen molar-refractivity contribution in [3.05, 3.63) is 270 Å². The number of amides is 4. The second-order valence-corrected chi connectivity index (χ2v) is 25.6. The summed E-state index contributed by atoms with van der Waals surface area (Å²) >= 11 is 0. The molecule has 664 valence electrons. The van der Waals surface area contributed by atoms with E-state index in [0.717, 1.165) is 40.9 Å². The predicted octanol–water partition coefficient (Wildman–Crippen LogP) is 12.3. The Morgan fingerprint density at radius 3 is 0.820 bits per heavy atom. The number of aryl methyl sites for hydroxylation is 2. The molecule has 4 amide bonds. The Hall–Kier alpha value is -16.7. The molecule has 0 spiro atoms. The summed E-state index contributed by atoms with van der Waals surface area (Å²) < 4.78 is 304. The zero-order chi connectivity index (χ0) is 118. The molecule has 0 fully saturated rings. The van der Waals surface area contributed by atoms with Crippen molar-refractivity contribution < 1.29 is 94.1 Å². The van der Waals surface area contributed by atoms with Crippen molar-refractivity contribution in [3.63, 3.8) is 0 Å². The number of methoxy groups -OCH3 is 4. The molecule has 0 bridgehead atoms. The summed E-state index contributed by atoms with van der Waals surface area (Å²) in [6.07, 6.45) is -5.94. The molecule has 4 aromatic carbocycles. The monoisotopic (exact) mass is 1780 g/mol. The third-order valence-corrected chi connectivity index (χ3v) is 16.9. The lowest BCUT2D eigenvalue weighted by atomic mass is 10.1. The smallest absolute Gasteiger partial charge is 0.413 e. The van der Waals surface area contributed by atoms with Gasteiger partial charge in [-0.1, -0.05) is 70.6 Å². The van der Waals surface area contributed by atoms with E-state index < -0.39 is 281 Å². The van der Waals surface area contributed by atoms with Crippen LogP contribution in [0.4, 0.5) is 118 Å². The maximum Gasteiger partial charge on any atom is 0.413 e. The number of halogens is 4. The van der Waals surface area contributed by atoms with Crippen molar-refractivity contribution in [1.29, 1.82) is 21.6 Å². The number of rotatable bonds is 24. The van der Waals surface area contributed by atoms with Gasteiger partial charge in [0.25, 0.3) is 0 Å². The fourth-order valence-electron chi connectivity index (χ4n) is 10.9. The van der Waals surface area contributed by atoms with E-state index in [4.69, 9.17) is 99.2 Å². The van der Waals surface area contributed by atoms with Gasteiger partial charge in [0, 0.05) is 123 Å². The Balaban J connectivity index is 0.000000230. The van der Waals surface area contributed by atoms with Gasteiger partial charge in [-0.2, -0.15) is 0 Å². The third kappa shape index (κ3) is 23.1. The average molecular weight is 1780 g/mol. The minimum absolute atomic E-state index is 0.0781. The van der Waals surface area contributed by atoms with E-state index in [0.29, 0.717) is 5.69 Å². The van der Waals surface area contributed by atoms with E-state index in [1.165, 1.54) is 76.8 Å². The molecule has 128 heavy (non-hydrogen) atoms. The Morgan fingerprint density at radius 2 is 0.570 bits per heavy atom. The maximum atomic E-state index is 15.0. The van der Waals surface area contributed by atoms with Gasteiger partial charge in [-0.25, -0.2) is 96.5 Å². The lowest BCUT2D eigenvalue weighted by Gasteiger charge is -2.20. The number of hydrogen-bond donors (Lipinski definition) is 14. The van der Waals surface area contributed by atoms with Crippen LogP contribution in [0, 0.1) is 86.4 Å². The first-order chi connectivity index (χ1) is 72.3. The van der Waals surface area contributed by atoms with Crippen molar-refractivity contribution in [3.8, 4) is 0 Å². The second-order valence-electron chi connectivity index (χ2n) is 25.6. The molecule has 20 N–H and O–H groups in total. The summed E-state index contributed by atoms with van der Waals surface area (Å²) in [6.45, 7) is 1.49. The van der Waals surface area contributed by atoms with Gasteiger partial charge in [-0.05, 0) is 114 Å². The van der Waals surface area contributed by atoms with Gasteiger partial charge in [0.05, 0.1) is 83.9 Å². The number of hydrogen-bond acceptors (Lipinski definition) is 34. The van der Waals surface area contributed by atoms with Crippen molar-refractivity contribution in [1.82, 2.24) is 59.8 Å². The Bertz CT molecular complexity index is 7270. The highest BCUT2D eigenvalue weighted by molar-refractivity contribution is 6.15. The van der Waals surface area contributed by atoms with Gasteiger partial charge in [-0.3, -0.25) is 41.2 Å². The standard InChI is InChI=1S/C23H25FN6O2.3C21H23FN8O2/c1-13-8-9-18(24)16(11-13)12-27-21-17(7-6-10-26-21)19(25)22-28-14(2)20(15(3)29-22)30(4)23(31)32-5;3*1-11-6-7-14(22)12(9-11)10-27-19-13(5-4-8-26-19)15(23)20-28-17(24)16(18(25)29-20)30(2)21(31)32-3/h6-11,25H,12H2,1-5H3,(H,26,27);3*4-9,23H,10H2,1-3H3,(H,26,27)(H4,24,25,28,29)/i6D,7D,8D,9D,10D,11D,12D2;4D,5D,6D,7D,8D,9D,10D2;2*4D,5D,6D,7D,8D,9D.